The van der Waals surface area contributed by atoms with Crippen LogP contribution in [0.2, 0.25) is 0 Å². The summed E-state index contributed by atoms with van der Waals surface area (Å²) in [6.45, 7) is 0. The molecule has 2 nitrogen and oxygen atoms in total. The van der Waals surface area contributed by atoms with E-state index >= 15 is 0 Å². The minimum absolute atomic E-state index is 0.154. The lowest BCUT2D eigenvalue weighted by Gasteiger charge is -2.10. The van der Waals surface area contributed by atoms with Gasteiger partial charge in [0.05, 0.1) is 10.2 Å². The maximum Gasteiger partial charge on any atom is 0.165 e. The number of halogens is 2. The van der Waals surface area contributed by atoms with Crippen molar-refractivity contribution in [2.75, 3.05) is 5.73 Å². The van der Waals surface area contributed by atoms with Crippen molar-refractivity contribution >= 4 is 21.6 Å². The first-order valence-corrected chi connectivity index (χ1v) is 5.44. The third-order valence-electron chi connectivity index (χ3n) is 2.05. The van der Waals surface area contributed by atoms with Gasteiger partial charge in [0.25, 0.3) is 0 Å². The van der Waals surface area contributed by atoms with Gasteiger partial charge in [-0.2, -0.15) is 0 Å². The maximum absolute atomic E-state index is 13.4. The molecule has 0 amide bonds. The topological polar surface area (TPSA) is 35.2 Å². The summed E-state index contributed by atoms with van der Waals surface area (Å²) in [6, 6.07) is 11.5. The van der Waals surface area contributed by atoms with Crippen molar-refractivity contribution in [3.63, 3.8) is 0 Å². The summed E-state index contributed by atoms with van der Waals surface area (Å²) < 4.78 is 19.5. The Bertz CT molecular complexity index is 496. The molecule has 2 rings (SSSR count). The van der Waals surface area contributed by atoms with E-state index in [-0.39, 0.29) is 5.75 Å². The molecule has 16 heavy (non-hydrogen) atoms. The van der Waals surface area contributed by atoms with E-state index in [0.29, 0.717) is 15.9 Å². The number of hydrogen-bond acceptors (Lipinski definition) is 2. The van der Waals surface area contributed by atoms with Gasteiger partial charge in [0.2, 0.25) is 0 Å². The second-order valence-corrected chi connectivity index (χ2v) is 4.05. The fourth-order valence-corrected chi connectivity index (χ4v) is 1.73. The molecular formula is C12H9BrFNO. The van der Waals surface area contributed by atoms with Gasteiger partial charge in [0, 0.05) is 0 Å². The van der Waals surface area contributed by atoms with E-state index in [4.69, 9.17) is 10.5 Å². The van der Waals surface area contributed by atoms with Crippen LogP contribution in [0.25, 0.3) is 0 Å². The van der Waals surface area contributed by atoms with E-state index in [1.807, 2.05) is 0 Å². The van der Waals surface area contributed by atoms with Crippen molar-refractivity contribution in [3.8, 4) is 11.5 Å². The molecule has 0 saturated heterocycles. The van der Waals surface area contributed by atoms with E-state index in [9.17, 15) is 4.39 Å². The van der Waals surface area contributed by atoms with Gasteiger partial charge in [-0.15, -0.1) is 0 Å². The van der Waals surface area contributed by atoms with E-state index < -0.39 is 5.82 Å². The molecule has 2 N–H and O–H groups in total. The molecule has 0 aliphatic heterocycles. The van der Waals surface area contributed by atoms with Gasteiger partial charge in [0.1, 0.15) is 0 Å². The minimum atomic E-state index is -0.419. The first kappa shape index (κ1) is 11.0. The molecular weight excluding hydrogens is 273 g/mol. The number of rotatable bonds is 2. The lowest BCUT2D eigenvalue weighted by atomic mass is 10.3. The summed E-state index contributed by atoms with van der Waals surface area (Å²) in [4.78, 5) is 0. The van der Waals surface area contributed by atoms with Gasteiger partial charge >= 0.3 is 0 Å². The Hall–Kier alpha value is -1.55. The summed E-state index contributed by atoms with van der Waals surface area (Å²) in [7, 11) is 0. The standard InChI is InChI=1S/C12H9BrFNO/c13-8-4-3-6-10(15)12(8)16-11-7-2-1-5-9(11)14/h1-7H,15H2. The lowest BCUT2D eigenvalue weighted by molar-refractivity contribution is 0.442. The van der Waals surface area contributed by atoms with Crippen molar-refractivity contribution in [1.29, 1.82) is 0 Å². The third kappa shape index (κ3) is 2.17. The summed E-state index contributed by atoms with van der Waals surface area (Å²) in [5.41, 5.74) is 6.20. The van der Waals surface area contributed by atoms with Crippen LogP contribution in [0.15, 0.2) is 46.9 Å². The Morgan fingerprint density at radius 3 is 2.50 bits per heavy atom. The summed E-state index contributed by atoms with van der Waals surface area (Å²) >= 11 is 3.30. The predicted octanol–water partition coefficient (Wildman–Crippen LogP) is 3.96. The molecule has 0 aliphatic carbocycles. The SMILES string of the molecule is Nc1cccc(Br)c1Oc1ccccc1F. The van der Waals surface area contributed by atoms with Crippen molar-refractivity contribution < 1.29 is 9.13 Å². The van der Waals surface area contributed by atoms with Crippen LogP contribution in [0.5, 0.6) is 11.5 Å². The normalized spacial score (nSPS) is 10.1. The average Bonchev–Trinajstić information content (AvgIpc) is 2.26. The zero-order valence-electron chi connectivity index (χ0n) is 8.28. The lowest BCUT2D eigenvalue weighted by Crippen LogP contribution is -1.94. The first-order valence-electron chi connectivity index (χ1n) is 4.65. The Morgan fingerprint density at radius 1 is 1.06 bits per heavy atom. The molecule has 2 aromatic carbocycles. The van der Waals surface area contributed by atoms with Gasteiger partial charge in [0.15, 0.2) is 17.3 Å². The molecule has 4 heteroatoms. The van der Waals surface area contributed by atoms with Crippen LogP contribution >= 0.6 is 15.9 Å². The molecule has 0 spiro atoms. The zero-order chi connectivity index (χ0) is 11.5. The summed E-state index contributed by atoms with van der Waals surface area (Å²) in [6.07, 6.45) is 0. The second kappa shape index (κ2) is 4.53. The van der Waals surface area contributed by atoms with E-state index in [0.717, 1.165) is 0 Å². The Morgan fingerprint density at radius 2 is 1.81 bits per heavy atom. The minimum Gasteiger partial charge on any atom is -0.451 e. The molecule has 0 saturated carbocycles. The van der Waals surface area contributed by atoms with Crippen molar-refractivity contribution in [1.82, 2.24) is 0 Å². The highest BCUT2D eigenvalue weighted by molar-refractivity contribution is 9.10. The molecule has 0 radical (unpaired) electrons. The van der Waals surface area contributed by atoms with Crippen LogP contribution in [0, 0.1) is 5.82 Å². The van der Waals surface area contributed by atoms with Crippen LogP contribution in [0.1, 0.15) is 0 Å². The second-order valence-electron chi connectivity index (χ2n) is 3.19. The van der Waals surface area contributed by atoms with Crippen molar-refractivity contribution in [3.05, 3.63) is 52.8 Å². The van der Waals surface area contributed by atoms with Gasteiger partial charge in [-0.3, -0.25) is 0 Å². The molecule has 0 fully saturated rings. The van der Waals surface area contributed by atoms with Crippen LogP contribution in [-0.2, 0) is 0 Å². The van der Waals surface area contributed by atoms with E-state index in [1.54, 1.807) is 36.4 Å². The van der Waals surface area contributed by atoms with Crippen molar-refractivity contribution in [2.45, 2.75) is 0 Å². The molecule has 0 heterocycles. The molecule has 0 aromatic heterocycles. The number of nitrogen functional groups attached to an aromatic ring is 1. The number of para-hydroxylation sites is 2. The summed E-state index contributed by atoms with van der Waals surface area (Å²) in [5.74, 6) is 0.159. The summed E-state index contributed by atoms with van der Waals surface area (Å²) in [5, 5.41) is 0. The quantitative estimate of drug-likeness (QED) is 0.846. The smallest absolute Gasteiger partial charge is 0.165 e. The fourth-order valence-electron chi connectivity index (χ4n) is 1.27. The fraction of sp³-hybridized carbons (Fsp3) is 0. The molecule has 2 aromatic rings. The Balaban J connectivity index is 2.38. The molecule has 0 atom stereocenters. The van der Waals surface area contributed by atoms with Crippen LogP contribution in [0.3, 0.4) is 0 Å². The van der Waals surface area contributed by atoms with E-state index in [2.05, 4.69) is 15.9 Å². The maximum atomic E-state index is 13.4. The number of anilines is 1. The van der Waals surface area contributed by atoms with Crippen LogP contribution in [0.4, 0.5) is 10.1 Å². The Kier molecular flexibility index (Phi) is 3.10. The molecule has 0 bridgehead atoms. The highest BCUT2D eigenvalue weighted by atomic mass is 79.9. The molecule has 0 aliphatic rings. The monoisotopic (exact) mass is 281 g/mol. The number of nitrogens with two attached hydrogens (primary N) is 1. The van der Waals surface area contributed by atoms with Gasteiger partial charge in [-0.25, -0.2) is 4.39 Å². The molecule has 82 valence electrons. The van der Waals surface area contributed by atoms with Crippen molar-refractivity contribution in [2.24, 2.45) is 0 Å². The largest absolute Gasteiger partial charge is 0.451 e. The number of benzene rings is 2. The van der Waals surface area contributed by atoms with Crippen LogP contribution < -0.4 is 10.5 Å². The molecule has 0 unspecified atom stereocenters. The first-order chi connectivity index (χ1) is 7.68. The zero-order valence-corrected chi connectivity index (χ0v) is 9.87. The van der Waals surface area contributed by atoms with Crippen LogP contribution in [-0.4, -0.2) is 0 Å². The highest BCUT2D eigenvalue weighted by Crippen LogP contribution is 2.35. The Labute approximate surface area is 101 Å². The third-order valence-corrected chi connectivity index (χ3v) is 2.67. The van der Waals surface area contributed by atoms with Gasteiger partial charge in [-0.1, -0.05) is 18.2 Å². The average molecular weight is 282 g/mol. The number of hydrogen-bond donors (Lipinski definition) is 1. The predicted molar refractivity (Wildman–Crippen MR) is 65.0 cm³/mol. The van der Waals surface area contributed by atoms with E-state index in [1.165, 1.54) is 6.07 Å². The van der Waals surface area contributed by atoms with Gasteiger partial charge < -0.3 is 10.5 Å². The highest BCUT2D eigenvalue weighted by Gasteiger charge is 2.09. The number of ether oxygens (including phenoxy) is 1. The van der Waals surface area contributed by atoms with Gasteiger partial charge in [-0.05, 0) is 40.2 Å².